The van der Waals surface area contributed by atoms with Crippen molar-refractivity contribution in [2.24, 2.45) is 0 Å². The van der Waals surface area contributed by atoms with Crippen LogP contribution in [-0.2, 0) is 30.5 Å². The Morgan fingerprint density at radius 2 is 1.32 bits per heavy atom. The van der Waals surface area contributed by atoms with Gasteiger partial charge in [-0.1, -0.05) is 59.6 Å². The predicted molar refractivity (Wildman–Crippen MR) is 107 cm³/mol. The third-order valence-electron chi connectivity index (χ3n) is 3.38. The summed E-state index contributed by atoms with van der Waals surface area (Å²) in [6.07, 6.45) is 0. The zero-order chi connectivity index (χ0) is 17.3. The molecule has 0 amide bonds. The Hall–Kier alpha value is -1.14. The first-order valence-corrected chi connectivity index (χ1v) is 8.53. The van der Waals surface area contributed by atoms with Crippen molar-refractivity contribution in [1.29, 1.82) is 0 Å². The van der Waals surface area contributed by atoms with Crippen LogP contribution in [0.2, 0.25) is 0 Å². The van der Waals surface area contributed by atoms with Gasteiger partial charge in [0.25, 0.3) is 0 Å². The van der Waals surface area contributed by atoms with Gasteiger partial charge >= 0.3 is 26.2 Å². The van der Waals surface area contributed by atoms with E-state index in [1.165, 1.54) is 10.8 Å². The van der Waals surface area contributed by atoms with Crippen molar-refractivity contribution in [3.8, 4) is 0 Å². The Balaban J connectivity index is 0.000000193. The zero-order valence-corrected chi connectivity index (χ0v) is 18.0. The number of alkyl halides is 2. The molecule has 0 saturated carbocycles. The largest absolute Gasteiger partial charge is 2.00 e. The van der Waals surface area contributed by atoms with Gasteiger partial charge in [0.1, 0.15) is 4.33 Å². The topological polar surface area (TPSA) is 0 Å². The van der Waals surface area contributed by atoms with Gasteiger partial charge in [-0.15, -0.1) is 29.7 Å². The minimum atomic E-state index is -0.763. The number of fused-ring (bicyclic) bond motifs is 1. The van der Waals surface area contributed by atoms with Gasteiger partial charge in [0.15, 0.2) is 0 Å². The molecule has 0 aliphatic heterocycles. The van der Waals surface area contributed by atoms with Crippen molar-refractivity contribution < 1.29 is 26.2 Å². The summed E-state index contributed by atoms with van der Waals surface area (Å²) in [5, 5.41) is 2.66. The summed E-state index contributed by atoms with van der Waals surface area (Å²) in [6, 6.07) is 34.2. The molecule has 0 aromatic heterocycles. The summed E-state index contributed by atoms with van der Waals surface area (Å²) in [4.78, 5) is 0. The van der Waals surface area contributed by atoms with Crippen LogP contribution < -0.4 is 0 Å². The van der Waals surface area contributed by atoms with Gasteiger partial charge in [-0.3, -0.25) is 0 Å². The SMILES string of the molecule is CC(Cl)(Cl)c1ccccc1.[Zr+2].c1cc[cH-]c1.c1ccc2[cH-]ccc2c1. The van der Waals surface area contributed by atoms with E-state index >= 15 is 0 Å². The van der Waals surface area contributed by atoms with E-state index < -0.39 is 4.33 Å². The minimum absolute atomic E-state index is 0. The van der Waals surface area contributed by atoms with Gasteiger partial charge in [0.2, 0.25) is 0 Å². The average Bonchev–Trinajstić information content (AvgIpc) is 3.30. The van der Waals surface area contributed by atoms with E-state index in [9.17, 15) is 0 Å². The van der Waals surface area contributed by atoms with Gasteiger partial charge in [0, 0.05) is 0 Å². The van der Waals surface area contributed by atoms with E-state index in [4.69, 9.17) is 23.2 Å². The Morgan fingerprint density at radius 1 is 0.720 bits per heavy atom. The fourth-order valence-electron chi connectivity index (χ4n) is 2.12. The van der Waals surface area contributed by atoms with E-state index in [1.54, 1.807) is 6.92 Å². The molecule has 0 aliphatic rings. The Labute approximate surface area is 179 Å². The van der Waals surface area contributed by atoms with Crippen LogP contribution in [0.1, 0.15) is 12.5 Å². The molecule has 4 aromatic carbocycles. The molecule has 0 saturated heterocycles. The summed E-state index contributed by atoms with van der Waals surface area (Å²) >= 11 is 11.6. The van der Waals surface area contributed by atoms with Crippen LogP contribution in [-0.4, -0.2) is 0 Å². The van der Waals surface area contributed by atoms with Crippen LogP contribution in [0.3, 0.4) is 0 Å². The van der Waals surface area contributed by atoms with E-state index in [-0.39, 0.29) is 26.2 Å². The molecule has 0 unspecified atom stereocenters. The maximum absolute atomic E-state index is 5.82. The van der Waals surface area contributed by atoms with Crippen LogP contribution in [0.25, 0.3) is 10.8 Å². The van der Waals surface area contributed by atoms with Crippen molar-refractivity contribution >= 4 is 34.0 Å². The zero-order valence-electron chi connectivity index (χ0n) is 14.1. The van der Waals surface area contributed by atoms with Crippen molar-refractivity contribution in [2.45, 2.75) is 11.3 Å². The van der Waals surface area contributed by atoms with Crippen LogP contribution in [0, 0.1) is 0 Å². The number of halogens is 2. The standard InChI is InChI=1S/C9H7.C8H8Cl2.C5H5.Zr/c1-2-5-9-7-3-6-8(9)4-1;1-8(9,10)7-5-3-2-4-6-7;1-2-4-5-3-1;/h1-7H;2-6H,1H3;1-5H;/q-1;;-1;+2. The summed E-state index contributed by atoms with van der Waals surface area (Å²) in [5.74, 6) is 0. The van der Waals surface area contributed by atoms with Gasteiger partial charge in [-0.25, -0.2) is 12.1 Å². The third kappa shape index (κ3) is 8.19. The Kier molecular flexibility index (Phi) is 10.1. The molecule has 0 heterocycles. The molecule has 4 aromatic rings. The van der Waals surface area contributed by atoms with E-state index in [0.717, 1.165) is 5.56 Å². The molecular weight excluding hydrogens is 426 g/mol. The average molecular weight is 447 g/mol. The maximum atomic E-state index is 5.82. The second-order valence-corrected chi connectivity index (χ2v) is 7.08. The van der Waals surface area contributed by atoms with Crippen LogP contribution in [0.15, 0.2) is 103 Å². The minimum Gasteiger partial charge on any atom is -0.214 e. The molecule has 0 N–H and O–H groups in total. The fourth-order valence-corrected chi connectivity index (χ4v) is 2.37. The summed E-state index contributed by atoms with van der Waals surface area (Å²) in [5.41, 5.74) is 0.929. The second kappa shape index (κ2) is 11.5. The van der Waals surface area contributed by atoms with Crippen molar-refractivity contribution in [2.75, 3.05) is 0 Å². The maximum Gasteiger partial charge on any atom is 2.00 e. The first-order chi connectivity index (χ1) is 11.6. The molecule has 3 heteroatoms. The molecule has 0 fully saturated rings. The fraction of sp³-hybridized carbons (Fsp3) is 0.0909. The molecule has 0 bridgehead atoms. The third-order valence-corrected chi connectivity index (χ3v) is 3.82. The normalized spacial score (nSPS) is 9.88. The predicted octanol–water partition coefficient (Wildman–Crippen LogP) is 7.30. The first kappa shape index (κ1) is 21.9. The number of rotatable bonds is 1. The molecule has 0 atom stereocenters. The number of benzene rings is 2. The van der Waals surface area contributed by atoms with Crippen molar-refractivity contribution in [3.63, 3.8) is 0 Å². The summed E-state index contributed by atoms with van der Waals surface area (Å²) < 4.78 is -0.763. The molecule has 25 heavy (non-hydrogen) atoms. The first-order valence-electron chi connectivity index (χ1n) is 7.78. The van der Waals surface area contributed by atoms with Crippen LogP contribution in [0.4, 0.5) is 0 Å². The molecule has 0 radical (unpaired) electrons. The van der Waals surface area contributed by atoms with Crippen molar-refractivity contribution in [3.05, 3.63) is 109 Å². The van der Waals surface area contributed by atoms with Gasteiger partial charge in [-0.2, -0.15) is 35.7 Å². The molecular formula is C22H20Cl2Zr. The monoisotopic (exact) mass is 444 g/mol. The van der Waals surface area contributed by atoms with Crippen LogP contribution >= 0.6 is 23.2 Å². The molecule has 0 spiro atoms. The van der Waals surface area contributed by atoms with Crippen LogP contribution in [0.5, 0.6) is 0 Å². The molecule has 4 rings (SSSR count). The summed E-state index contributed by atoms with van der Waals surface area (Å²) in [7, 11) is 0. The quantitative estimate of drug-likeness (QED) is 0.213. The number of hydrogen-bond donors (Lipinski definition) is 0. The Bertz CT molecular complexity index is 749. The van der Waals surface area contributed by atoms with E-state index in [1.807, 2.05) is 60.7 Å². The van der Waals surface area contributed by atoms with E-state index in [2.05, 4.69) is 42.5 Å². The molecule has 0 nitrogen and oxygen atoms in total. The van der Waals surface area contributed by atoms with Gasteiger partial charge < -0.3 is 0 Å². The Morgan fingerprint density at radius 3 is 1.80 bits per heavy atom. The summed E-state index contributed by atoms with van der Waals surface area (Å²) in [6.45, 7) is 1.76. The smallest absolute Gasteiger partial charge is 0.214 e. The molecule has 0 aliphatic carbocycles. The second-order valence-electron chi connectivity index (χ2n) is 5.37. The number of hydrogen-bond acceptors (Lipinski definition) is 0. The molecule has 126 valence electrons. The van der Waals surface area contributed by atoms with Gasteiger partial charge in [-0.05, 0) is 12.5 Å². The van der Waals surface area contributed by atoms with Gasteiger partial charge in [0.05, 0.1) is 0 Å². The van der Waals surface area contributed by atoms with E-state index in [0.29, 0.717) is 0 Å². The van der Waals surface area contributed by atoms with Crippen molar-refractivity contribution in [1.82, 2.24) is 0 Å².